The van der Waals surface area contributed by atoms with Crippen LogP contribution in [0, 0.1) is 17.3 Å². The van der Waals surface area contributed by atoms with E-state index < -0.39 is 5.97 Å². The summed E-state index contributed by atoms with van der Waals surface area (Å²) >= 11 is 0. The van der Waals surface area contributed by atoms with Gasteiger partial charge in [0.2, 0.25) is 0 Å². The van der Waals surface area contributed by atoms with Crippen molar-refractivity contribution in [3.8, 4) is 0 Å². The fourth-order valence-electron chi connectivity index (χ4n) is 2.08. The molecule has 0 radical (unpaired) electrons. The topological polar surface area (TPSA) is 65.0 Å². The maximum absolute atomic E-state index is 11.5. The average Bonchev–Trinajstić information content (AvgIpc) is 2.78. The third-order valence-electron chi connectivity index (χ3n) is 3.25. The second kappa shape index (κ2) is 5.33. The van der Waals surface area contributed by atoms with Crippen LogP contribution in [-0.2, 0) is 19.2 Å². The van der Waals surface area contributed by atoms with Gasteiger partial charge in [-0.05, 0) is 23.8 Å². The van der Waals surface area contributed by atoms with Crippen LogP contribution in [0.3, 0.4) is 0 Å². The third kappa shape index (κ3) is 3.18. The highest BCUT2D eigenvalue weighted by atomic mass is 16.7. The number of ether oxygens (including phenoxy) is 1. The van der Waals surface area contributed by atoms with Crippen LogP contribution in [0.15, 0.2) is 16.8 Å². The third-order valence-corrected chi connectivity index (χ3v) is 3.25. The van der Waals surface area contributed by atoms with E-state index in [-0.39, 0.29) is 23.2 Å². The highest BCUT2D eigenvalue weighted by molar-refractivity contribution is 5.81. The van der Waals surface area contributed by atoms with E-state index in [1.165, 1.54) is 20.2 Å². The normalized spacial score (nSPS) is 25.9. The van der Waals surface area contributed by atoms with Gasteiger partial charge in [-0.3, -0.25) is 4.79 Å². The highest BCUT2D eigenvalue weighted by Crippen LogP contribution is 2.59. The van der Waals surface area contributed by atoms with Crippen LogP contribution in [0.4, 0.5) is 0 Å². The van der Waals surface area contributed by atoms with Gasteiger partial charge in [0.05, 0.1) is 19.2 Å². The molecule has 2 atom stereocenters. The van der Waals surface area contributed by atoms with Crippen LogP contribution < -0.4 is 0 Å². The molecule has 1 aliphatic carbocycles. The fourth-order valence-corrected chi connectivity index (χ4v) is 2.08. The quantitative estimate of drug-likeness (QED) is 0.332. The molecule has 1 aliphatic rings. The Morgan fingerprint density at radius 2 is 1.89 bits per heavy atom. The van der Waals surface area contributed by atoms with Crippen molar-refractivity contribution in [3.63, 3.8) is 0 Å². The number of hydrogen-bond acceptors (Lipinski definition) is 5. The van der Waals surface area contributed by atoms with E-state index >= 15 is 0 Å². The van der Waals surface area contributed by atoms with Crippen molar-refractivity contribution in [2.45, 2.75) is 27.7 Å². The van der Waals surface area contributed by atoms with Crippen molar-refractivity contribution in [2.24, 2.45) is 22.4 Å². The maximum Gasteiger partial charge on any atom is 0.331 e. The van der Waals surface area contributed by atoms with Gasteiger partial charge in [0, 0.05) is 6.92 Å². The Morgan fingerprint density at radius 1 is 1.28 bits per heavy atom. The van der Waals surface area contributed by atoms with E-state index in [0.29, 0.717) is 0 Å². The molecule has 0 heterocycles. The molecule has 0 unspecified atom stereocenters. The first-order chi connectivity index (χ1) is 8.30. The largest absolute Gasteiger partial charge is 0.469 e. The van der Waals surface area contributed by atoms with E-state index in [2.05, 4.69) is 9.99 Å². The van der Waals surface area contributed by atoms with Crippen LogP contribution in [-0.4, -0.2) is 25.3 Å². The van der Waals surface area contributed by atoms with Crippen molar-refractivity contribution in [1.82, 2.24) is 0 Å². The first-order valence-corrected chi connectivity index (χ1v) is 5.78. The number of esters is 1. The molecule has 5 heteroatoms. The SMILES string of the molecule is COC(=O)[C@H]1[C@H](C=C(C)C=NOC(C)=O)C1(C)C. The summed E-state index contributed by atoms with van der Waals surface area (Å²) in [7, 11) is 1.40. The monoisotopic (exact) mass is 253 g/mol. The minimum Gasteiger partial charge on any atom is -0.469 e. The van der Waals surface area contributed by atoms with Gasteiger partial charge in [0.1, 0.15) is 0 Å². The summed E-state index contributed by atoms with van der Waals surface area (Å²) in [6, 6.07) is 0. The Morgan fingerprint density at radius 3 is 2.39 bits per heavy atom. The van der Waals surface area contributed by atoms with Crippen LogP contribution in [0.2, 0.25) is 0 Å². The highest BCUT2D eigenvalue weighted by Gasteiger charge is 2.61. The average molecular weight is 253 g/mol. The molecule has 0 aromatic rings. The van der Waals surface area contributed by atoms with Gasteiger partial charge in [-0.15, -0.1) is 0 Å². The maximum atomic E-state index is 11.5. The number of methoxy groups -OCH3 is 1. The molecule has 0 amide bonds. The molecule has 100 valence electrons. The molecule has 18 heavy (non-hydrogen) atoms. The Labute approximate surface area is 107 Å². The van der Waals surface area contributed by atoms with Crippen LogP contribution in [0.5, 0.6) is 0 Å². The summed E-state index contributed by atoms with van der Waals surface area (Å²) in [5.41, 5.74) is 0.754. The van der Waals surface area contributed by atoms with E-state index in [0.717, 1.165) is 5.57 Å². The lowest BCUT2D eigenvalue weighted by Crippen LogP contribution is -2.07. The van der Waals surface area contributed by atoms with Gasteiger partial charge in [-0.1, -0.05) is 25.1 Å². The van der Waals surface area contributed by atoms with Gasteiger partial charge in [0.25, 0.3) is 0 Å². The van der Waals surface area contributed by atoms with Crippen LogP contribution >= 0.6 is 0 Å². The standard InChI is InChI=1S/C13H19NO4/c1-8(7-14-18-9(2)15)6-10-11(12(16)17-5)13(10,3)4/h6-7,10-11H,1-5H3/t10-,11+/m0/s1. The minimum atomic E-state index is -0.460. The summed E-state index contributed by atoms with van der Waals surface area (Å²) in [5.74, 6) is -0.627. The Bertz CT molecular complexity index is 409. The van der Waals surface area contributed by atoms with Crippen molar-refractivity contribution < 1.29 is 19.2 Å². The Kier molecular flexibility index (Phi) is 4.27. The number of carbonyl (C=O) groups excluding carboxylic acids is 2. The first kappa shape index (κ1) is 14.4. The van der Waals surface area contributed by atoms with Crippen molar-refractivity contribution >= 4 is 18.2 Å². The molecule has 1 fully saturated rings. The second-order valence-electron chi connectivity index (χ2n) is 5.08. The van der Waals surface area contributed by atoms with Crippen molar-refractivity contribution in [3.05, 3.63) is 11.6 Å². The lowest BCUT2D eigenvalue weighted by Gasteiger charge is -1.99. The molecular weight excluding hydrogens is 234 g/mol. The molecule has 1 saturated carbocycles. The molecule has 0 aromatic heterocycles. The minimum absolute atomic E-state index is 0.0936. The lowest BCUT2D eigenvalue weighted by molar-refractivity contribution is -0.143. The number of rotatable bonds is 4. The van der Waals surface area contributed by atoms with Gasteiger partial charge < -0.3 is 9.57 Å². The van der Waals surface area contributed by atoms with Crippen molar-refractivity contribution in [1.29, 1.82) is 0 Å². The Hall–Kier alpha value is -1.65. The number of hydrogen-bond donors (Lipinski definition) is 0. The Balaban J connectivity index is 2.64. The molecule has 0 aromatic carbocycles. The van der Waals surface area contributed by atoms with E-state index in [4.69, 9.17) is 4.74 Å². The second-order valence-corrected chi connectivity index (χ2v) is 5.08. The number of allylic oxidation sites excluding steroid dienone is 2. The van der Waals surface area contributed by atoms with Gasteiger partial charge in [-0.25, -0.2) is 4.79 Å². The smallest absolute Gasteiger partial charge is 0.331 e. The molecule has 0 spiro atoms. The predicted octanol–water partition coefficient (Wildman–Crippen LogP) is 1.93. The molecule has 1 rings (SSSR count). The molecule has 0 bridgehead atoms. The molecular formula is C13H19NO4. The van der Waals surface area contributed by atoms with E-state index in [1.54, 1.807) is 0 Å². The molecule has 0 aliphatic heterocycles. The number of oxime groups is 1. The van der Waals surface area contributed by atoms with Gasteiger partial charge in [-0.2, -0.15) is 0 Å². The summed E-state index contributed by atoms with van der Waals surface area (Å²) in [6.45, 7) is 7.17. The van der Waals surface area contributed by atoms with Gasteiger partial charge >= 0.3 is 11.9 Å². The lowest BCUT2D eigenvalue weighted by atomic mass is 10.1. The van der Waals surface area contributed by atoms with Crippen molar-refractivity contribution in [2.75, 3.05) is 7.11 Å². The molecule has 5 nitrogen and oxygen atoms in total. The predicted molar refractivity (Wildman–Crippen MR) is 66.8 cm³/mol. The first-order valence-electron chi connectivity index (χ1n) is 5.78. The summed E-state index contributed by atoms with van der Waals surface area (Å²) in [4.78, 5) is 26.5. The van der Waals surface area contributed by atoms with E-state index in [9.17, 15) is 9.59 Å². The zero-order chi connectivity index (χ0) is 13.9. The molecule has 0 N–H and O–H groups in total. The summed E-state index contributed by atoms with van der Waals surface area (Å²) in [5, 5.41) is 3.53. The molecule has 0 saturated heterocycles. The number of nitrogens with zero attached hydrogens (tertiary/aromatic N) is 1. The number of carbonyl (C=O) groups is 2. The van der Waals surface area contributed by atoms with E-state index in [1.807, 2.05) is 26.8 Å². The van der Waals surface area contributed by atoms with Crippen LogP contribution in [0.25, 0.3) is 0 Å². The fraction of sp³-hybridized carbons (Fsp3) is 0.615. The summed E-state index contributed by atoms with van der Waals surface area (Å²) < 4.78 is 4.76. The zero-order valence-electron chi connectivity index (χ0n) is 11.4. The summed E-state index contributed by atoms with van der Waals surface area (Å²) in [6.07, 6.45) is 3.42. The van der Waals surface area contributed by atoms with Gasteiger partial charge in [0.15, 0.2) is 0 Å². The van der Waals surface area contributed by atoms with Crippen LogP contribution in [0.1, 0.15) is 27.7 Å². The zero-order valence-corrected chi connectivity index (χ0v) is 11.4.